The molecule has 2 aromatic rings. The highest BCUT2D eigenvalue weighted by Crippen LogP contribution is 2.24. The average Bonchev–Trinajstić information content (AvgIpc) is 2.65. The molecule has 6 nitrogen and oxygen atoms in total. The highest BCUT2D eigenvalue weighted by molar-refractivity contribution is 5.94. The number of carbonyl (C=O) groups excluding carboxylic acids is 1. The lowest BCUT2D eigenvalue weighted by molar-refractivity contribution is 0.0712. The number of amides is 1. The first-order chi connectivity index (χ1) is 12.0. The van der Waals surface area contributed by atoms with Gasteiger partial charge in [-0.25, -0.2) is 8.78 Å². The van der Waals surface area contributed by atoms with Gasteiger partial charge >= 0.3 is 0 Å². The maximum absolute atomic E-state index is 13.4. The van der Waals surface area contributed by atoms with Crippen LogP contribution in [0.3, 0.4) is 0 Å². The monoisotopic (exact) mass is 348 g/mol. The summed E-state index contributed by atoms with van der Waals surface area (Å²) in [5, 5.41) is 17.1. The summed E-state index contributed by atoms with van der Waals surface area (Å²) < 4.78 is 26.9. The number of rotatable bonds is 3. The zero-order valence-corrected chi connectivity index (χ0v) is 13.7. The molecule has 1 fully saturated rings. The fourth-order valence-corrected chi connectivity index (χ4v) is 3.00. The molecule has 2 heterocycles. The van der Waals surface area contributed by atoms with Crippen LogP contribution in [0.15, 0.2) is 30.5 Å². The van der Waals surface area contributed by atoms with Gasteiger partial charge in [-0.2, -0.15) is 5.10 Å². The fourth-order valence-electron chi connectivity index (χ4n) is 3.00. The molecular formula is C17H18F2N4O2. The Morgan fingerprint density at radius 2 is 1.92 bits per heavy atom. The van der Waals surface area contributed by atoms with Crippen LogP contribution in [0.25, 0.3) is 0 Å². The molecule has 8 heteroatoms. The molecule has 1 aliphatic rings. The van der Waals surface area contributed by atoms with Gasteiger partial charge < -0.3 is 14.9 Å². The predicted molar refractivity (Wildman–Crippen MR) is 87.4 cm³/mol. The van der Waals surface area contributed by atoms with Crippen LogP contribution < -0.4 is 4.90 Å². The van der Waals surface area contributed by atoms with E-state index in [9.17, 15) is 13.6 Å². The Balaban J connectivity index is 1.65. The number of phenols is 1. The molecule has 0 bridgehead atoms. The molecule has 0 radical (unpaired) electrons. The molecule has 3 rings (SSSR count). The molecule has 132 valence electrons. The Morgan fingerprint density at radius 3 is 2.48 bits per heavy atom. The van der Waals surface area contributed by atoms with Gasteiger partial charge in [-0.1, -0.05) is 0 Å². The normalized spacial score (nSPS) is 15.2. The van der Waals surface area contributed by atoms with E-state index < -0.39 is 23.3 Å². The second kappa shape index (κ2) is 7.00. The number of aromatic hydroxyl groups is 1. The molecule has 0 unspecified atom stereocenters. The molecule has 1 aromatic heterocycles. The van der Waals surface area contributed by atoms with E-state index in [2.05, 4.69) is 10.2 Å². The number of phenolic OH excluding ortho intramolecular Hbond substituents is 1. The quantitative estimate of drug-likeness (QED) is 0.921. The molecule has 0 atom stereocenters. The van der Waals surface area contributed by atoms with Crippen LogP contribution in [0, 0.1) is 11.6 Å². The van der Waals surface area contributed by atoms with Crippen molar-refractivity contribution < 1.29 is 18.7 Å². The Morgan fingerprint density at radius 1 is 1.28 bits per heavy atom. The lowest BCUT2D eigenvalue weighted by atomic mass is 10.0. The van der Waals surface area contributed by atoms with Crippen molar-refractivity contribution in [2.24, 2.45) is 0 Å². The largest absolute Gasteiger partial charge is 0.503 e. The molecule has 1 N–H and O–H groups in total. The van der Waals surface area contributed by atoms with E-state index in [1.165, 1.54) is 0 Å². The highest BCUT2D eigenvalue weighted by atomic mass is 19.1. The topological polar surface area (TPSA) is 69.6 Å². The van der Waals surface area contributed by atoms with Crippen LogP contribution >= 0.6 is 0 Å². The first kappa shape index (κ1) is 17.1. The van der Waals surface area contributed by atoms with Gasteiger partial charge in [0.25, 0.3) is 5.91 Å². The van der Waals surface area contributed by atoms with E-state index >= 15 is 0 Å². The number of nitrogens with zero attached hydrogens (tertiary/aromatic N) is 4. The second-order valence-electron chi connectivity index (χ2n) is 6.00. The summed E-state index contributed by atoms with van der Waals surface area (Å²) >= 11 is 0. The van der Waals surface area contributed by atoms with E-state index in [1.54, 1.807) is 11.1 Å². The predicted octanol–water partition coefficient (Wildman–Crippen LogP) is 2.20. The standard InChI is InChI=1S/C17H18F2N4O2/c1-22(15-3-2-6-20-21-15)12-4-7-23(8-5-12)17(25)11-9-13(18)16(24)14(19)10-11/h2-3,6,9-10,12,24H,4-5,7-8H2,1H3. The van der Waals surface area contributed by atoms with Crippen LogP contribution in [0.2, 0.25) is 0 Å². The van der Waals surface area contributed by atoms with E-state index in [1.807, 2.05) is 24.1 Å². The molecule has 0 aliphatic carbocycles. The summed E-state index contributed by atoms with van der Waals surface area (Å²) in [6, 6.07) is 5.60. The van der Waals surface area contributed by atoms with Crippen molar-refractivity contribution in [3.8, 4) is 5.75 Å². The number of anilines is 1. The number of benzene rings is 1. The van der Waals surface area contributed by atoms with Crippen LogP contribution in [0.5, 0.6) is 5.75 Å². The number of hydrogen-bond donors (Lipinski definition) is 1. The van der Waals surface area contributed by atoms with E-state index in [0.717, 1.165) is 18.0 Å². The van der Waals surface area contributed by atoms with Gasteiger partial charge in [0.2, 0.25) is 0 Å². The third-order valence-corrected chi connectivity index (χ3v) is 4.48. The molecule has 1 amide bonds. The maximum Gasteiger partial charge on any atom is 0.254 e. The van der Waals surface area contributed by atoms with Gasteiger partial charge in [0.1, 0.15) is 0 Å². The minimum absolute atomic E-state index is 0.103. The second-order valence-corrected chi connectivity index (χ2v) is 6.00. The maximum atomic E-state index is 13.4. The molecule has 25 heavy (non-hydrogen) atoms. The minimum Gasteiger partial charge on any atom is -0.503 e. The lowest BCUT2D eigenvalue weighted by Crippen LogP contribution is -2.46. The Bertz CT molecular complexity index is 741. The zero-order valence-electron chi connectivity index (χ0n) is 13.7. The first-order valence-electron chi connectivity index (χ1n) is 7.95. The number of aromatic nitrogens is 2. The van der Waals surface area contributed by atoms with Gasteiger partial charge in [0.05, 0.1) is 0 Å². The van der Waals surface area contributed by atoms with Crippen molar-refractivity contribution in [3.63, 3.8) is 0 Å². The molecule has 1 aliphatic heterocycles. The van der Waals surface area contributed by atoms with Crippen LogP contribution in [-0.2, 0) is 0 Å². The smallest absolute Gasteiger partial charge is 0.254 e. The van der Waals surface area contributed by atoms with Gasteiger partial charge in [-0.05, 0) is 37.1 Å². The Hall–Kier alpha value is -2.77. The number of hydrogen-bond acceptors (Lipinski definition) is 5. The van der Waals surface area contributed by atoms with Gasteiger partial charge in [-0.3, -0.25) is 4.79 Å². The van der Waals surface area contributed by atoms with Crippen molar-refractivity contribution >= 4 is 11.7 Å². The van der Waals surface area contributed by atoms with E-state index in [-0.39, 0.29) is 11.6 Å². The van der Waals surface area contributed by atoms with Gasteiger partial charge in [0.15, 0.2) is 23.2 Å². The Labute approximate surface area is 143 Å². The highest BCUT2D eigenvalue weighted by Gasteiger charge is 2.27. The summed E-state index contributed by atoms with van der Waals surface area (Å²) in [4.78, 5) is 16.0. The minimum atomic E-state index is -1.14. The van der Waals surface area contributed by atoms with Crippen LogP contribution in [0.4, 0.5) is 14.6 Å². The molecule has 1 aromatic carbocycles. The van der Waals surface area contributed by atoms with Crippen molar-refractivity contribution in [1.29, 1.82) is 0 Å². The summed E-state index contributed by atoms with van der Waals surface area (Å²) in [5.41, 5.74) is -0.103. The van der Waals surface area contributed by atoms with Crippen molar-refractivity contribution in [2.75, 3.05) is 25.0 Å². The number of carbonyl (C=O) groups is 1. The average molecular weight is 348 g/mol. The molecular weight excluding hydrogens is 330 g/mol. The number of halogens is 2. The molecule has 1 saturated heterocycles. The van der Waals surface area contributed by atoms with E-state index in [4.69, 9.17) is 5.11 Å². The summed E-state index contributed by atoms with van der Waals surface area (Å²) in [7, 11) is 1.93. The molecule has 0 saturated carbocycles. The van der Waals surface area contributed by atoms with Gasteiger partial charge in [0, 0.05) is 37.9 Å². The number of likely N-dealkylation sites (tertiary alicyclic amines) is 1. The summed E-state index contributed by atoms with van der Waals surface area (Å²) in [6.45, 7) is 0.941. The van der Waals surface area contributed by atoms with Crippen LogP contribution in [-0.4, -0.2) is 52.3 Å². The first-order valence-corrected chi connectivity index (χ1v) is 7.95. The SMILES string of the molecule is CN(c1cccnn1)C1CCN(C(=O)c2cc(F)c(O)c(F)c2)CC1. The fraction of sp³-hybridized carbons (Fsp3) is 0.353. The lowest BCUT2D eigenvalue weighted by Gasteiger charge is -2.37. The Kier molecular flexibility index (Phi) is 4.78. The summed E-state index contributed by atoms with van der Waals surface area (Å²) in [5.74, 6) is -3.03. The van der Waals surface area contributed by atoms with E-state index in [0.29, 0.717) is 25.9 Å². The number of piperidine rings is 1. The van der Waals surface area contributed by atoms with Crippen molar-refractivity contribution in [1.82, 2.24) is 15.1 Å². The van der Waals surface area contributed by atoms with Crippen molar-refractivity contribution in [2.45, 2.75) is 18.9 Å². The van der Waals surface area contributed by atoms with Crippen LogP contribution in [0.1, 0.15) is 23.2 Å². The van der Waals surface area contributed by atoms with Gasteiger partial charge in [-0.15, -0.1) is 5.10 Å². The summed E-state index contributed by atoms with van der Waals surface area (Å²) in [6.07, 6.45) is 3.03. The zero-order chi connectivity index (χ0) is 18.0. The molecule has 0 spiro atoms. The third kappa shape index (κ3) is 3.52. The van der Waals surface area contributed by atoms with Crippen molar-refractivity contribution in [3.05, 3.63) is 47.7 Å². The third-order valence-electron chi connectivity index (χ3n) is 4.48.